The zero-order valence-electron chi connectivity index (χ0n) is 16.3. The molecule has 0 atom stereocenters. The van der Waals surface area contributed by atoms with Crippen molar-refractivity contribution in [2.75, 3.05) is 0 Å². The fraction of sp³-hybridized carbons (Fsp3) is 0. The highest BCUT2D eigenvalue weighted by molar-refractivity contribution is 7.19. The van der Waals surface area contributed by atoms with Crippen LogP contribution in [0, 0.1) is 23.3 Å². The standard InChI is InChI=1S/C24H16BF4.2H2O/c26-21-9-1-17(2-10-21)25(18-3-11-22(27)12-4-18,19-5-13-23(28)14-6-19)20-7-15-24(29)16-8-20;;/h1-16H;2*1H2/q-1;;. The molecule has 160 valence electrons. The molecule has 0 aliphatic carbocycles. The average Bonchev–Trinajstić information content (AvgIpc) is 2.73. The van der Waals surface area contributed by atoms with Crippen LogP contribution >= 0.6 is 0 Å². The van der Waals surface area contributed by atoms with Gasteiger partial charge in [-0.3, -0.25) is 0 Å². The van der Waals surface area contributed by atoms with Gasteiger partial charge in [0, 0.05) is 0 Å². The number of hydrogen-bond acceptors (Lipinski definition) is 0. The highest BCUT2D eigenvalue weighted by atomic mass is 19.1. The second kappa shape index (κ2) is 9.60. The molecule has 0 bridgehead atoms. The van der Waals surface area contributed by atoms with Crippen molar-refractivity contribution in [3.8, 4) is 0 Å². The average molecular weight is 427 g/mol. The topological polar surface area (TPSA) is 63.0 Å². The summed E-state index contributed by atoms with van der Waals surface area (Å²) in [7, 11) is 0. The minimum Gasteiger partial charge on any atom is -0.412 e. The van der Waals surface area contributed by atoms with E-state index in [4.69, 9.17) is 0 Å². The molecule has 0 spiro atoms. The van der Waals surface area contributed by atoms with Crippen molar-refractivity contribution in [3.05, 3.63) is 120 Å². The molecule has 0 aromatic heterocycles. The third kappa shape index (κ3) is 4.38. The van der Waals surface area contributed by atoms with Gasteiger partial charge in [0.1, 0.15) is 29.4 Å². The van der Waals surface area contributed by atoms with E-state index in [1.807, 2.05) is 0 Å². The Hall–Kier alpha value is -3.42. The Labute approximate surface area is 177 Å². The van der Waals surface area contributed by atoms with Crippen LogP contribution in [0.1, 0.15) is 0 Å². The summed E-state index contributed by atoms with van der Waals surface area (Å²) in [5.41, 5.74) is 2.99. The molecule has 31 heavy (non-hydrogen) atoms. The highest BCUT2D eigenvalue weighted by Crippen LogP contribution is 2.12. The monoisotopic (exact) mass is 427 g/mol. The molecule has 4 aromatic carbocycles. The number of halogens is 4. The van der Waals surface area contributed by atoms with Gasteiger partial charge in [0.05, 0.1) is 0 Å². The predicted octanol–water partition coefficient (Wildman–Crippen LogP) is 1.97. The third-order valence-electron chi connectivity index (χ3n) is 5.48. The molecule has 0 amide bonds. The summed E-state index contributed by atoms with van der Waals surface area (Å²) in [6, 6.07) is 24.1. The van der Waals surface area contributed by atoms with E-state index in [1.165, 1.54) is 48.5 Å². The largest absolute Gasteiger partial charge is 0.412 e. The van der Waals surface area contributed by atoms with E-state index in [-0.39, 0.29) is 11.0 Å². The molecule has 0 unspecified atom stereocenters. The molecule has 4 aromatic rings. The lowest BCUT2D eigenvalue weighted by atomic mass is 9.13. The molecule has 0 radical (unpaired) electrons. The minimum atomic E-state index is -1.94. The summed E-state index contributed by atoms with van der Waals surface area (Å²) in [5.74, 6) is -1.57. The van der Waals surface area contributed by atoms with Crippen LogP contribution in [0.2, 0.25) is 0 Å². The van der Waals surface area contributed by atoms with Gasteiger partial charge >= 0.3 is 0 Å². The van der Waals surface area contributed by atoms with E-state index in [0.29, 0.717) is 0 Å². The molecular formula is C24H20BF4O2-. The van der Waals surface area contributed by atoms with Crippen LogP contribution in [0.4, 0.5) is 17.6 Å². The van der Waals surface area contributed by atoms with E-state index < -0.39 is 29.4 Å². The number of hydrogen-bond donors (Lipinski definition) is 0. The second-order valence-corrected chi connectivity index (χ2v) is 7.07. The Morgan fingerprint density at radius 2 is 0.484 bits per heavy atom. The Bertz CT molecular complexity index is 927. The van der Waals surface area contributed by atoms with Gasteiger partial charge in [0.2, 0.25) is 0 Å². The molecule has 2 nitrogen and oxygen atoms in total. The van der Waals surface area contributed by atoms with Crippen LogP contribution < -0.4 is 21.9 Å². The van der Waals surface area contributed by atoms with Crippen LogP contribution in [0.3, 0.4) is 0 Å². The molecular weight excluding hydrogens is 407 g/mol. The lowest BCUT2D eigenvalue weighted by Gasteiger charge is -2.44. The first kappa shape index (κ1) is 23.9. The van der Waals surface area contributed by atoms with E-state index in [2.05, 4.69) is 0 Å². The molecule has 0 saturated heterocycles. The molecule has 0 heterocycles. The predicted molar refractivity (Wildman–Crippen MR) is 117 cm³/mol. The quantitative estimate of drug-likeness (QED) is 0.353. The fourth-order valence-electron chi connectivity index (χ4n) is 4.16. The zero-order valence-corrected chi connectivity index (χ0v) is 16.3. The molecule has 0 fully saturated rings. The summed E-state index contributed by atoms with van der Waals surface area (Å²) in [6.07, 6.45) is -1.94. The fourth-order valence-corrected chi connectivity index (χ4v) is 4.16. The Kier molecular flexibility index (Phi) is 7.39. The lowest BCUT2D eigenvalue weighted by Crippen LogP contribution is -2.74. The number of rotatable bonds is 4. The first-order chi connectivity index (χ1) is 14.0. The number of benzene rings is 4. The summed E-state index contributed by atoms with van der Waals surface area (Å²) in [6.45, 7) is 0. The summed E-state index contributed by atoms with van der Waals surface area (Å²) >= 11 is 0. The van der Waals surface area contributed by atoms with Crippen molar-refractivity contribution in [2.24, 2.45) is 0 Å². The summed E-state index contributed by atoms with van der Waals surface area (Å²) in [4.78, 5) is 0. The Morgan fingerprint density at radius 1 is 0.323 bits per heavy atom. The smallest absolute Gasteiger partial charge is 0.122 e. The van der Waals surface area contributed by atoms with Crippen LogP contribution in [0.15, 0.2) is 97.1 Å². The van der Waals surface area contributed by atoms with Gasteiger partial charge in [-0.05, 0) is 48.5 Å². The van der Waals surface area contributed by atoms with Gasteiger partial charge in [-0.2, -0.15) is 21.9 Å². The van der Waals surface area contributed by atoms with E-state index in [9.17, 15) is 17.6 Å². The first-order valence-electron chi connectivity index (χ1n) is 9.20. The third-order valence-corrected chi connectivity index (χ3v) is 5.48. The SMILES string of the molecule is Fc1ccc([B-](c2ccc(F)cc2)(c2ccc(F)cc2)c2ccc(F)cc2)cc1.O.O. The van der Waals surface area contributed by atoms with Gasteiger partial charge < -0.3 is 11.0 Å². The van der Waals surface area contributed by atoms with Crippen LogP contribution in [-0.4, -0.2) is 17.1 Å². The van der Waals surface area contributed by atoms with Crippen LogP contribution in [-0.2, 0) is 0 Å². The van der Waals surface area contributed by atoms with Gasteiger partial charge in [-0.25, -0.2) is 17.6 Å². The maximum absolute atomic E-state index is 13.7. The van der Waals surface area contributed by atoms with Crippen molar-refractivity contribution in [1.29, 1.82) is 0 Å². The maximum Gasteiger partial charge on any atom is 0.122 e. The molecule has 4 N–H and O–H groups in total. The minimum absolute atomic E-state index is 0. The van der Waals surface area contributed by atoms with Crippen molar-refractivity contribution in [1.82, 2.24) is 0 Å². The zero-order chi connectivity index (χ0) is 20.4. The summed E-state index contributed by atoms with van der Waals surface area (Å²) in [5, 5.41) is 0. The lowest BCUT2D eigenvalue weighted by molar-refractivity contribution is 0.628. The normalized spacial score (nSPS) is 10.7. The van der Waals surface area contributed by atoms with Crippen molar-refractivity contribution < 1.29 is 28.5 Å². The van der Waals surface area contributed by atoms with Crippen LogP contribution in [0.25, 0.3) is 0 Å². The summed E-state index contributed by atoms with van der Waals surface area (Å²) < 4.78 is 54.8. The molecule has 0 aliphatic heterocycles. The maximum atomic E-state index is 13.7. The highest BCUT2D eigenvalue weighted by Gasteiger charge is 2.31. The van der Waals surface area contributed by atoms with Crippen molar-refractivity contribution in [2.45, 2.75) is 0 Å². The van der Waals surface area contributed by atoms with Crippen molar-refractivity contribution >= 4 is 28.0 Å². The second-order valence-electron chi connectivity index (χ2n) is 7.07. The van der Waals surface area contributed by atoms with E-state index in [0.717, 1.165) is 21.9 Å². The molecule has 7 heteroatoms. The van der Waals surface area contributed by atoms with Crippen molar-refractivity contribution in [3.63, 3.8) is 0 Å². The Morgan fingerprint density at radius 3 is 0.645 bits per heavy atom. The van der Waals surface area contributed by atoms with Gasteiger partial charge in [0.15, 0.2) is 0 Å². The van der Waals surface area contributed by atoms with Gasteiger partial charge in [-0.15, -0.1) is 0 Å². The van der Waals surface area contributed by atoms with E-state index in [1.54, 1.807) is 48.5 Å². The van der Waals surface area contributed by atoms with Gasteiger partial charge in [-0.1, -0.05) is 48.5 Å². The molecule has 0 aliphatic rings. The molecule has 4 rings (SSSR count). The van der Waals surface area contributed by atoms with E-state index >= 15 is 0 Å². The Balaban J connectivity index is 0.00000171. The molecule has 0 saturated carbocycles. The van der Waals surface area contributed by atoms with Gasteiger partial charge in [0.25, 0.3) is 0 Å². The van der Waals surface area contributed by atoms with Crippen LogP contribution in [0.5, 0.6) is 0 Å². The first-order valence-corrected chi connectivity index (χ1v) is 9.20.